The van der Waals surface area contributed by atoms with Crippen LogP contribution in [0.15, 0.2) is 0 Å². The maximum absolute atomic E-state index is 12.0. The smallest absolute Gasteiger partial charge is 0.410 e. The number of carbonyl (C=O) groups excluding carboxylic acids is 1. The summed E-state index contributed by atoms with van der Waals surface area (Å²) in [5, 5.41) is 0. The highest BCUT2D eigenvalue weighted by molar-refractivity contribution is 5.68. The van der Waals surface area contributed by atoms with Crippen molar-refractivity contribution in [1.82, 2.24) is 4.90 Å². The van der Waals surface area contributed by atoms with Gasteiger partial charge < -0.3 is 15.4 Å². The fraction of sp³-hybridized carbons (Fsp3) is 0.923. The average molecular weight is 242 g/mol. The van der Waals surface area contributed by atoms with Gasteiger partial charge in [0.2, 0.25) is 0 Å². The van der Waals surface area contributed by atoms with Crippen molar-refractivity contribution in [2.75, 3.05) is 13.1 Å². The molecule has 1 fully saturated rings. The molecule has 4 nitrogen and oxygen atoms in total. The Labute approximate surface area is 104 Å². The Morgan fingerprint density at radius 3 is 2.59 bits per heavy atom. The summed E-state index contributed by atoms with van der Waals surface area (Å²) in [5.74, 6) is 0.524. The third-order valence-corrected chi connectivity index (χ3v) is 2.92. The van der Waals surface area contributed by atoms with Gasteiger partial charge in [-0.3, -0.25) is 0 Å². The molecule has 0 aliphatic carbocycles. The lowest BCUT2D eigenvalue weighted by molar-refractivity contribution is 0.0139. The molecule has 0 bridgehead atoms. The molecule has 0 aromatic rings. The van der Waals surface area contributed by atoms with E-state index in [1.807, 2.05) is 20.8 Å². The van der Waals surface area contributed by atoms with Gasteiger partial charge in [0.25, 0.3) is 0 Å². The Balaban J connectivity index is 2.54. The van der Waals surface area contributed by atoms with Crippen LogP contribution >= 0.6 is 0 Å². The van der Waals surface area contributed by atoms with Crippen molar-refractivity contribution >= 4 is 6.09 Å². The van der Waals surface area contributed by atoms with Crippen LogP contribution in [-0.2, 0) is 4.74 Å². The molecular formula is C13H26N2O2. The lowest BCUT2D eigenvalue weighted by atomic mass is 9.91. The van der Waals surface area contributed by atoms with Crippen LogP contribution in [0.2, 0.25) is 0 Å². The molecule has 4 heteroatoms. The summed E-state index contributed by atoms with van der Waals surface area (Å²) in [5.41, 5.74) is 5.57. The monoisotopic (exact) mass is 242 g/mol. The Hall–Kier alpha value is -0.770. The molecule has 0 saturated carbocycles. The summed E-state index contributed by atoms with van der Waals surface area (Å²) in [4.78, 5) is 13.7. The zero-order chi connectivity index (χ0) is 13.1. The number of amides is 1. The van der Waals surface area contributed by atoms with E-state index in [0.29, 0.717) is 12.5 Å². The molecule has 100 valence electrons. The lowest BCUT2D eigenvalue weighted by Gasteiger charge is -2.37. The van der Waals surface area contributed by atoms with E-state index in [1.165, 1.54) is 0 Å². The number of carbonyl (C=O) groups is 1. The summed E-state index contributed by atoms with van der Waals surface area (Å²) in [6, 6.07) is 0.0906. The Morgan fingerprint density at radius 2 is 2.06 bits per heavy atom. The Morgan fingerprint density at radius 1 is 1.41 bits per heavy atom. The van der Waals surface area contributed by atoms with Crippen molar-refractivity contribution in [2.45, 2.75) is 58.6 Å². The molecule has 17 heavy (non-hydrogen) atoms. The lowest BCUT2D eigenvalue weighted by Crippen LogP contribution is -2.50. The van der Waals surface area contributed by atoms with Crippen molar-refractivity contribution in [3.05, 3.63) is 0 Å². The summed E-state index contributed by atoms with van der Waals surface area (Å²) < 4.78 is 5.38. The molecule has 0 radical (unpaired) electrons. The first kappa shape index (κ1) is 14.3. The van der Waals surface area contributed by atoms with Gasteiger partial charge in [0.05, 0.1) is 0 Å². The first-order valence-electron chi connectivity index (χ1n) is 6.55. The predicted molar refractivity (Wildman–Crippen MR) is 68.8 cm³/mol. The molecule has 0 aromatic heterocycles. The normalized spacial score (nSPS) is 25.8. The van der Waals surface area contributed by atoms with E-state index in [2.05, 4.69) is 6.92 Å². The van der Waals surface area contributed by atoms with Gasteiger partial charge in [0, 0.05) is 19.1 Å². The standard InChI is InChI=1S/C13H26N2O2/c1-5-6-10-7-11(14)9-15(8-10)12(16)17-13(2,3)4/h10-11H,5-9,14H2,1-4H3. The quantitative estimate of drug-likeness (QED) is 0.808. The van der Waals surface area contributed by atoms with Gasteiger partial charge in [-0.05, 0) is 39.5 Å². The second-order valence-corrected chi connectivity index (χ2v) is 6.04. The van der Waals surface area contributed by atoms with E-state index in [0.717, 1.165) is 25.8 Å². The van der Waals surface area contributed by atoms with Gasteiger partial charge in [-0.25, -0.2) is 4.79 Å². The molecule has 1 rings (SSSR count). The molecule has 2 atom stereocenters. The fourth-order valence-corrected chi connectivity index (χ4v) is 2.34. The van der Waals surface area contributed by atoms with Crippen LogP contribution < -0.4 is 5.73 Å². The van der Waals surface area contributed by atoms with Crippen LogP contribution in [0, 0.1) is 5.92 Å². The van der Waals surface area contributed by atoms with Gasteiger partial charge in [-0.2, -0.15) is 0 Å². The van der Waals surface area contributed by atoms with Gasteiger partial charge in [0.1, 0.15) is 5.60 Å². The highest BCUT2D eigenvalue weighted by atomic mass is 16.6. The number of rotatable bonds is 2. The summed E-state index contributed by atoms with van der Waals surface area (Å²) in [7, 11) is 0. The third-order valence-electron chi connectivity index (χ3n) is 2.92. The van der Waals surface area contributed by atoms with Gasteiger partial charge in [0.15, 0.2) is 0 Å². The van der Waals surface area contributed by atoms with Crippen LogP contribution in [-0.4, -0.2) is 35.7 Å². The largest absolute Gasteiger partial charge is 0.444 e. The summed E-state index contributed by atoms with van der Waals surface area (Å²) in [6.45, 7) is 9.23. The average Bonchev–Trinajstić information content (AvgIpc) is 2.14. The highest BCUT2D eigenvalue weighted by Crippen LogP contribution is 2.22. The zero-order valence-electron chi connectivity index (χ0n) is 11.5. The predicted octanol–water partition coefficient (Wildman–Crippen LogP) is 2.37. The first-order chi connectivity index (χ1) is 7.81. The number of ether oxygens (including phenoxy) is 1. The van der Waals surface area contributed by atoms with Gasteiger partial charge in [-0.1, -0.05) is 13.3 Å². The molecule has 2 N–H and O–H groups in total. The third kappa shape index (κ3) is 4.94. The van der Waals surface area contributed by atoms with E-state index in [1.54, 1.807) is 4.90 Å². The molecule has 1 heterocycles. The molecule has 2 unspecified atom stereocenters. The second-order valence-electron chi connectivity index (χ2n) is 6.04. The number of piperidine rings is 1. The number of likely N-dealkylation sites (tertiary alicyclic amines) is 1. The van der Waals surface area contributed by atoms with E-state index < -0.39 is 5.60 Å². The molecular weight excluding hydrogens is 216 g/mol. The first-order valence-corrected chi connectivity index (χ1v) is 6.55. The van der Waals surface area contributed by atoms with Crippen molar-refractivity contribution in [3.8, 4) is 0 Å². The maximum Gasteiger partial charge on any atom is 0.410 e. The Kier molecular flexibility index (Phi) is 4.80. The molecule has 1 amide bonds. The van der Waals surface area contributed by atoms with Crippen molar-refractivity contribution in [3.63, 3.8) is 0 Å². The minimum atomic E-state index is -0.432. The molecule has 1 aliphatic rings. The number of nitrogens with zero attached hydrogens (tertiary/aromatic N) is 1. The van der Waals surface area contributed by atoms with Crippen LogP contribution in [0.3, 0.4) is 0 Å². The number of hydrogen-bond donors (Lipinski definition) is 1. The second kappa shape index (κ2) is 5.71. The molecule has 0 aromatic carbocycles. The Bertz CT molecular complexity index is 261. The van der Waals surface area contributed by atoms with Crippen LogP contribution in [0.5, 0.6) is 0 Å². The minimum Gasteiger partial charge on any atom is -0.444 e. The highest BCUT2D eigenvalue weighted by Gasteiger charge is 2.30. The summed E-state index contributed by atoms with van der Waals surface area (Å²) in [6.07, 6.45) is 3.06. The zero-order valence-corrected chi connectivity index (χ0v) is 11.5. The number of hydrogen-bond acceptors (Lipinski definition) is 3. The molecule has 0 spiro atoms. The SMILES string of the molecule is CCCC1CC(N)CN(C(=O)OC(C)(C)C)C1. The maximum atomic E-state index is 12.0. The van der Waals surface area contributed by atoms with E-state index >= 15 is 0 Å². The van der Waals surface area contributed by atoms with E-state index in [-0.39, 0.29) is 12.1 Å². The van der Waals surface area contributed by atoms with Crippen molar-refractivity contribution < 1.29 is 9.53 Å². The minimum absolute atomic E-state index is 0.0906. The van der Waals surface area contributed by atoms with Gasteiger partial charge >= 0.3 is 6.09 Å². The van der Waals surface area contributed by atoms with Crippen LogP contribution in [0.25, 0.3) is 0 Å². The molecule has 1 aliphatic heterocycles. The van der Waals surface area contributed by atoms with Gasteiger partial charge in [-0.15, -0.1) is 0 Å². The van der Waals surface area contributed by atoms with E-state index in [9.17, 15) is 4.79 Å². The summed E-state index contributed by atoms with van der Waals surface area (Å²) >= 11 is 0. The molecule has 1 saturated heterocycles. The van der Waals surface area contributed by atoms with Crippen molar-refractivity contribution in [2.24, 2.45) is 11.7 Å². The fourth-order valence-electron chi connectivity index (χ4n) is 2.34. The van der Waals surface area contributed by atoms with Crippen molar-refractivity contribution in [1.29, 1.82) is 0 Å². The topological polar surface area (TPSA) is 55.6 Å². The number of nitrogens with two attached hydrogens (primary N) is 1. The van der Waals surface area contributed by atoms with Crippen LogP contribution in [0.1, 0.15) is 47.0 Å². The van der Waals surface area contributed by atoms with Crippen LogP contribution in [0.4, 0.5) is 4.79 Å². The van der Waals surface area contributed by atoms with E-state index in [4.69, 9.17) is 10.5 Å².